The van der Waals surface area contributed by atoms with Gasteiger partial charge in [-0.3, -0.25) is 14.9 Å². The van der Waals surface area contributed by atoms with Crippen LogP contribution in [0.5, 0.6) is 5.75 Å². The SMILES string of the molecule is COc1cc(C(=O)c2cc3ccccc3n2S(=O)(=O)c2ccccc2)ccc1[N+](=O)[O-]. The molecule has 9 heteroatoms. The van der Waals surface area contributed by atoms with Crippen molar-refractivity contribution in [2.45, 2.75) is 4.90 Å². The minimum atomic E-state index is -4.09. The molecular formula is C22H16N2O6S. The Bertz CT molecular complexity index is 1430. The first kappa shape index (κ1) is 20.3. The molecule has 0 unspecified atom stereocenters. The molecule has 4 rings (SSSR count). The van der Waals surface area contributed by atoms with Crippen LogP contribution in [0.1, 0.15) is 16.1 Å². The maximum atomic E-state index is 13.4. The number of hydrogen-bond acceptors (Lipinski definition) is 6. The fourth-order valence-electron chi connectivity index (χ4n) is 3.36. The third-order valence-electron chi connectivity index (χ3n) is 4.82. The van der Waals surface area contributed by atoms with Gasteiger partial charge in [-0.1, -0.05) is 36.4 Å². The molecule has 1 heterocycles. The second-order valence-electron chi connectivity index (χ2n) is 6.64. The number of methoxy groups -OCH3 is 1. The molecule has 1 aromatic heterocycles. The second-order valence-corrected chi connectivity index (χ2v) is 8.43. The zero-order valence-corrected chi connectivity index (χ0v) is 17.1. The van der Waals surface area contributed by atoms with Crippen molar-refractivity contribution in [2.24, 2.45) is 0 Å². The van der Waals surface area contributed by atoms with Gasteiger partial charge >= 0.3 is 5.69 Å². The number of hydrogen-bond donors (Lipinski definition) is 0. The van der Waals surface area contributed by atoms with Gasteiger partial charge in [0.25, 0.3) is 10.0 Å². The number of nitrogens with zero attached hydrogens (tertiary/aromatic N) is 2. The molecule has 4 aromatic rings. The Morgan fingerprint density at radius 3 is 2.32 bits per heavy atom. The average molecular weight is 436 g/mol. The topological polar surface area (TPSA) is 109 Å². The van der Waals surface area contributed by atoms with Crippen molar-refractivity contribution in [3.05, 3.63) is 100 Å². The van der Waals surface area contributed by atoms with Crippen LogP contribution >= 0.6 is 0 Å². The molecule has 3 aromatic carbocycles. The summed E-state index contributed by atoms with van der Waals surface area (Å²) in [6, 6.07) is 19.7. The van der Waals surface area contributed by atoms with Crippen molar-refractivity contribution in [1.29, 1.82) is 0 Å². The van der Waals surface area contributed by atoms with Crippen molar-refractivity contribution in [1.82, 2.24) is 3.97 Å². The Balaban J connectivity index is 1.94. The van der Waals surface area contributed by atoms with E-state index in [4.69, 9.17) is 4.74 Å². The number of ketones is 1. The lowest BCUT2D eigenvalue weighted by Gasteiger charge is -2.12. The second kappa shape index (κ2) is 7.69. The molecule has 0 aliphatic rings. The van der Waals surface area contributed by atoms with Crippen molar-refractivity contribution < 1.29 is 22.9 Å². The smallest absolute Gasteiger partial charge is 0.310 e. The van der Waals surface area contributed by atoms with Gasteiger partial charge in [0.2, 0.25) is 5.78 Å². The Hall–Kier alpha value is -3.98. The molecule has 0 saturated heterocycles. The third-order valence-corrected chi connectivity index (χ3v) is 6.56. The molecule has 0 atom stereocenters. The first-order chi connectivity index (χ1) is 14.8. The van der Waals surface area contributed by atoms with Crippen molar-refractivity contribution >= 4 is 32.4 Å². The summed E-state index contributed by atoms with van der Waals surface area (Å²) >= 11 is 0. The van der Waals surface area contributed by atoms with Gasteiger partial charge < -0.3 is 4.74 Å². The van der Waals surface area contributed by atoms with Gasteiger partial charge in [0, 0.05) is 17.0 Å². The number of para-hydroxylation sites is 1. The molecule has 0 fully saturated rings. The lowest BCUT2D eigenvalue weighted by molar-refractivity contribution is -0.385. The van der Waals surface area contributed by atoms with Crippen LogP contribution in [0, 0.1) is 10.1 Å². The maximum Gasteiger partial charge on any atom is 0.310 e. The number of nitro groups is 1. The summed E-state index contributed by atoms with van der Waals surface area (Å²) in [7, 11) is -2.83. The van der Waals surface area contributed by atoms with Gasteiger partial charge in [0.1, 0.15) is 5.69 Å². The van der Waals surface area contributed by atoms with Crippen LogP contribution in [0.15, 0.2) is 83.8 Å². The van der Waals surface area contributed by atoms with E-state index in [1.807, 2.05) is 0 Å². The minimum absolute atomic E-state index is 0.0340. The van der Waals surface area contributed by atoms with Crippen molar-refractivity contribution in [3.63, 3.8) is 0 Å². The van der Waals surface area contributed by atoms with E-state index >= 15 is 0 Å². The number of benzene rings is 3. The summed E-state index contributed by atoms with van der Waals surface area (Å²) in [5.74, 6) is -0.701. The fraction of sp³-hybridized carbons (Fsp3) is 0.0455. The number of carbonyl (C=O) groups is 1. The van der Waals surface area contributed by atoms with Gasteiger partial charge in [-0.15, -0.1) is 0 Å². The zero-order valence-electron chi connectivity index (χ0n) is 16.3. The van der Waals surface area contributed by atoms with E-state index in [0.29, 0.717) is 10.9 Å². The summed E-state index contributed by atoms with van der Waals surface area (Å²) < 4.78 is 32.9. The largest absolute Gasteiger partial charge is 0.490 e. The van der Waals surface area contributed by atoms with Crippen LogP contribution in [0.25, 0.3) is 10.9 Å². The Morgan fingerprint density at radius 1 is 0.968 bits per heavy atom. The summed E-state index contributed by atoms with van der Waals surface area (Å²) in [4.78, 5) is 23.9. The standard InChI is InChI=1S/C22H16N2O6S/c1-30-21-14-16(11-12-19(21)24(26)27)22(25)20-13-15-7-5-6-10-18(15)23(20)31(28,29)17-8-3-2-4-9-17/h2-14H,1H3. The minimum Gasteiger partial charge on any atom is -0.490 e. The van der Waals surface area contributed by atoms with Gasteiger partial charge in [-0.05, 0) is 36.4 Å². The van der Waals surface area contributed by atoms with Crippen LogP contribution in [-0.4, -0.2) is 30.2 Å². The normalized spacial score (nSPS) is 11.4. The number of rotatable bonds is 6. The van der Waals surface area contributed by atoms with Crippen LogP contribution in [-0.2, 0) is 10.0 Å². The molecule has 0 radical (unpaired) electrons. The molecule has 0 aliphatic carbocycles. The van der Waals surface area contributed by atoms with E-state index in [-0.39, 0.29) is 27.6 Å². The molecule has 0 aliphatic heterocycles. The zero-order chi connectivity index (χ0) is 22.2. The van der Waals surface area contributed by atoms with E-state index in [1.165, 1.54) is 37.4 Å². The van der Waals surface area contributed by atoms with E-state index in [1.54, 1.807) is 42.5 Å². The van der Waals surface area contributed by atoms with Gasteiger partial charge in [-0.25, -0.2) is 12.4 Å². The molecular weight excluding hydrogens is 420 g/mol. The highest BCUT2D eigenvalue weighted by Gasteiger charge is 2.28. The highest BCUT2D eigenvalue weighted by molar-refractivity contribution is 7.90. The van der Waals surface area contributed by atoms with Crippen LogP contribution in [0.4, 0.5) is 5.69 Å². The van der Waals surface area contributed by atoms with Crippen LogP contribution in [0.3, 0.4) is 0 Å². The predicted molar refractivity (Wildman–Crippen MR) is 114 cm³/mol. The summed E-state index contributed by atoms with van der Waals surface area (Å²) in [6.45, 7) is 0. The number of ether oxygens (including phenoxy) is 1. The Labute approximate surface area is 177 Å². The molecule has 0 N–H and O–H groups in total. The Kier molecular flexibility index (Phi) is 5.04. The summed E-state index contributed by atoms with van der Waals surface area (Å²) in [5.41, 5.74) is 0.0378. The highest BCUT2D eigenvalue weighted by atomic mass is 32.2. The summed E-state index contributed by atoms with van der Waals surface area (Å²) in [6.07, 6.45) is 0. The van der Waals surface area contributed by atoms with E-state index < -0.39 is 20.7 Å². The summed E-state index contributed by atoms with van der Waals surface area (Å²) in [5, 5.41) is 11.7. The quantitative estimate of drug-likeness (QED) is 0.257. The number of carbonyl (C=O) groups excluding carboxylic acids is 1. The van der Waals surface area contributed by atoms with E-state index in [0.717, 1.165) is 10.0 Å². The van der Waals surface area contributed by atoms with Gasteiger partial charge in [0.05, 0.1) is 22.4 Å². The first-order valence-corrected chi connectivity index (χ1v) is 10.6. The number of fused-ring (bicyclic) bond motifs is 1. The number of aromatic nitrogens is 1. The average Bonchev–Trinajstić information content (AvgIpc) is 3.19. The fourth-order valence-corrected chi connectivity index (χ4v) is 4.89. The molecule has 8 nitrogen and oxygen atoms in total. The van der Waals surface area contributed by atoms with Crippen molar-refractivity contribution in [2.75, 3.05) is 7.11 Å². The van der Waals surface area contributed by atoms with E-state index in [2.05, 4.69) is 0 Å². The first-order valence-electron chi connectivity index (χ1n) is 9.13. The molecule has 156 valence electrons. The Morgan fingerprint density at radius 2 is 1.65 bits per heavy atom. The van der Waals surface area contributed by atoms with Gasteiger partial charge in [0.15, 0.2) is 5.75 Å². The molecule has 0 amide bonds. The monoisotopic (exact) mass is 436 g/mol. The maximum absolute atomic E-state index is 13.4. The predicted octanol–water partition coefficient (Wildman–Crippen LogP) is 4.03. The lowest BCUT2D eigenvalue weighted by atomic mass is 10.1. The lowest BCUT2D eigenvalue weighted by Crippen LogP contribution is -2.19. The van der Waals surface area contributed by atoms with Crippen molar-refractivity contribution in [3.8, 4) is 5.75 Å². The molecule has 31 heavy (non-hydrogen) atoms. The van der Waals surface area contributed by atoms with E-state index in [9.17, 15) is 23.3 Å². The molecule has 0 bridgehead atoms. The number of nitro benzene ring substituents is 1. The molecule has 0 saturated carbocycles. The third kappa shape index (κ3) is 3.44. The van der Waals surface area contributed by atoms with Crippen LogP contribution < -0.4 is 4.74 Å². The van der Waals surface area contributed by atoms with Gasteiger partial charge in [-0.2, -0.15) is 0 Å². The highest BCUT2D eigenvalue weighted by Crippen LogP contribution is 2.31. The van der Waals surface area contributed by atoms with Crippen LogP contribution in [0.2, 0.25) is 0 Å². The molecule has 0 spiro atoms.